The lowest BCUT2D eigenvalue weighted by atomic mass is 10.5. The van der Waals surface area contributed by atoms with Crippen molar-refractivity contribution < 1.29 is 4.79 Å². The minimum atomic E-state index is 0.0522. The van der Waals surface area contributed by atoms with Crippen LogP contribution in [0.15, 0.2) is 12.5 Å². The quantitative estimate of drug-likeness (QED) is 0.587. The standard InChI is InChI=1S/C7H10N3O/c1-9(2)7(11)5-10-4-3-8-6-10/h4,6H,5H2,1-2H3. The van der Waals surface area contributed by atoms with Crippen LogP contribution in [0.25, 0.3) is 0 Å². The second-order valence-corrected chi connectivity index (χ2v) is 2.46. The van der Waals surface area contributed by atoms with Crippen molar-refractivity contribution >= 4 is 5.91 Å². The maximum Gasteiger partial charge on any atom is 0.242 e. The molecule has 4 heteroatoms. The summed E-state index contributed by atoms with van der Waals surface area (Å²) in [5, 5.41) is 0. The Kier molecular flexibility index (Phi) is 2.25. The van der Waals surface area contributed by atoms with Gasteiger partial charge in [0.2, 0.25) is 5.91 Å². The van der Waals surface area contributed by atoms with Crippen molar-refractivity contribution in [1.29, 1.82) is 0 Å². The smallest absolute Gasteiger partial charge is 0.242 e. The minimum absolute atomic E-state index is 0.0522. The summed E-state index contributed by atoms with van der Waals surface area (Å²) in [5.74, 6) is 0.0522. The molecule has 0 N–H and O–H groups in total. The van der Waals surface area contributed by atoms with Crippen LogP contribution in [-0.2, 0) is 11.3 Å². The van der Waals surface area contributed by atoms with E-state index in [4.69, 9.17) is 0 Å². The van der Waals surface area contributed by atoms with Crippen molar-refractivity contribution in [2.45, 2.75) is 6.54 Å². The second-order valence-electron chi connectivity index (χ2n) is 2.46. The van der Waals surface area contributed by atoms with E-state index < -0.39 is 0 Å². The van der Waals surface area contributed by atoms with Crippen molar-refractivity contribution in [2.75, 3.05) is 14.1 Å². The van der Waals surface area contributed by atoms with Crippen LogP contribution in [0, 0.1) is 6.20 Å². The minimum Gasteiger partial charge on any atom is -0.347 e. The van der Waals surface area contributed by atoms with E-state index in [1.807, 2.05) is 0 Å². The molecule has 0 saturated heterocycles. The molecule has 1 aromatic rings. The Morgan fingerprint density at radius 3 is 2.91 bits per heavy atom. The van der Waals surface area contributed by atoms with E-state index >= 15 is 0 Å². The number of aromatic nitrogens is 2. The molecule has 0 aromatic carbocycles. The van der Waals surface area contributed by atoms with E-state index in [1.54, 1.807) is 36.1 Å². The van der Waals surface area contributed by atoms with E-state index in [0.717, 1.165) is 0 Å². The molecular weight excluding hydrogens is 142 g/mol. The predicted molar refractivity (Wildman–Crippen MR) is 39.8 cm³/mol. The van der Waals surface area contributed by atoms with Gasteiger partial charge in [0.05, 0.1) is 6.33 Å². The van der Waals surface area contributed by atoms with E-state index in [9.17, 15) is 4.79 Å². The molecule has 0 saturated carbocycles. The Morgan fingerprint density at radius 1 is 1.73 bits per heavy atom. The number of hydrogen-bond donors (Lipinski definition) is 0. The number of amides is 1. The summed E-state index contributed by atoms with van der Waals surface area (Å²) in [6.45, 7) is 0.337. The normalized spacial score (nSPS) is 9.64. The first-order valence-electron chi connectivity index (χ1n) is 3.28. The highest BCUT2D eigenvalue weighted by atomic mass is 16.2. The predicted octanol–water partition coefficient (Wildman–Crippen LogP) is -0.229. The van der Waals surface area contributed by atoms with E-state index in [-0.39, 0.29) is 5.91 Å². The van der Waals surface area contributed by atoms with Gasteiger partial charge >= 0.3 is 0 Å². The van der Waals surface area contributed by atoms with Gasteiger partial charge in [-0.15, -0.1) is 0 Å². The lowest BCUT2D eigenvalue weighted by molar-refractivity contribution is -0.129. The molecule has 1 radical (unpaired) electrons. The van der Waals surface area contributed by atoms with E-state index in [1.165, 1.54) is 0 Å². The monoisotopic (exact) mass is 152 g/mol. The number of carbonyl (C=O) groups is 1. The Morgan fingerprint density at radius 2 is 2.45 bits per heavy atom. The van der Waals surface area contributed by atoms with Crippen molar-refractivity contribution in [2.24, 2.45) is 0 Å². The molecule has 0 atom stereocenters. The fraction of sp³-hybridized carbons (Fsp3) is 0.429. The summed E-state index contributed by atoms with van der Waals surface area (Å²) in [6.07, 6.45) is 5.83. The SMILES string of the molecule is CN(C)C(=O)Cn1c[c]nc1. The Hall–Kier alpha value is -1.32. The van der Waals surface area contributed by atoms with E-state index in [2.05, 4.69) is 11.2 Å². The number of nitrogens with zero attached hydrogens (tertiary/aromatic N) is 3. The average molecular weight is 152 g/mol. The Labute approximate surface area is 65.5 Å². The van der Waals surface area contributed by atoms with Gasteiger partial charge in [-0.25, -0.2) is 4.98 Å². The average Bonchev–Trinajstić information content (AvgIpc) is 2.39. The van der Waals surface area contributed by atoms with E-state index in [0.29, 0.717) is 6.54 Å². The van der Waals surface area contributed by atoms with Crippen molar-refractivity contribution in [1.82, 2.24) is 14.5 Å². The summed E-state index contributed by atoms with van der Waals surface area (Å²) in [6, 6.07) is 0. The first-order chi connectivity index (χ1) is 5.20. The molecule has 11 heavy (non-hydrogen) atoms. The van der Waals surface area contributed by atoms with Crippen LogP contribution in [0.4, 0.5) is 0 Å². The Balaban J connectivity index is 2.50. The molecule has 1 heterocycles. The highest BCUT2D eigenvalue weighted by Gasteiger charge is 2.02. The molecule has 1 rings (SSSR count). The number of imidazole rings is 1. The molecule has 1 aromatic heterocycles. The molecule has 4 nitrogen and oxygen atoms in total. The molecular formula is C7H10N3O. The largest absolute Gasteiger partial charge is 0.347 e. The van der Waals surface area contributed by atoms with Crippen LogP contribution < -0.4 is 0 Å². The van der Waals surface area contributed by atoms with Crippen molar-refractivity contribution in [3.8, 4) is 0 Å². The zero-order valence-electron chi connectivity index (χ0n) is 6.61. The molecule has 0 aliphatic heterocycles. The molecule has 59 valence electrons. The van der Waals surface area contributed by atoms with Gasteiger partial charge in [0, 0.05) is 20.3 Å². The third-order valence-corrected chi connectivity index (χ3v) is 1.32. The Bertz CT molecular complexity index is 228. The number of carbonyl (C=O) groups excluding carboxylic acids is 1. The number of hydrogen-bond acceptors (Lipinski definition) is 2. The molecule has 0 fully saturated rings. The lowest BCUT2D eigenvalue weighted by Gasteiger charge is -2.09. The fourth-order valence-corrected chi connectivity index (χ4v) is 0.632. The zero-order valence-corrected chi connectivity index (χ0v) is 6.61. The molecule has 0 aliphatic rings. The number of likely N-dealkylation sites (N-methyl/N-ethyl adjacent to an activating group) is 1. The summed E-state index contributed by atoms with van der Waals surface area (Å²) in [4.78, 5) is 16.3. The summed E-state index contributed by atoms with van der Waals surface area (Å²) >= 11 is 0. The molecule has 0 unspecified atom stereocenters. The summed E-state index contributed by atoms with van der Waals surface area (Å²) in [5.41, 5.74) is 0. The third kappa shape index (κ3) is 2.07. The summed E-state index contributed by atoms with van der Waals surface area (Å²) in [7, 11) is 3.45. The van der Waals surface area contributed by atoms with Gasteiger partial charge in [-0.3, -0.25) is 4.79 Å². The topological polar surface area (TPSA) is 38.1 Å². The van der Waals surface area contributed by atoms with Gasteiger partial charge in [-0.1, -0.05) is 0 Å². The van der Waals surface area contributed by atoms with Gasteiger partial charge in [-0.2, -0.15) is 0 Å². The second kappa shape index (κ2) is 3.18. The molecule has 0 bridgehead atoms. The van der Waals surface area contributed by atoms with Gasteiger partial charge < -0.3 is 9.47 Å². The van der Waals surface area contributed by atoms with Gasteiger partial charge in [0.1, 0.15) is 12.7 Å². The lowest BCUT2D eigenvalue weighted by Crippen LogP contribution is -2.25. The van der Waals surface area contributed by atoms with Crippen molar-refractivity contribution in [3.05, 3.63) is 18.7 Å². The van der Waals surface area contributed by atoms with Gasteiger partial charge in [0.25, 0.3) is 0 Å². The summed E-state index contributed by atoms with van der Waals surface area (Å²) < 4.78 is 1.68. The fourth-order valence-electron chi connectivity index (χ4n) is 0.632. The first kappa shape index (κ1) is 7.78. The van der Waals surface area contributed by atoms with Crippen LogP contribution in [-0.4, -0.2) is 34.5 Å². The van der Waals surface area contributed by atoms with Crippen LogP contribution in [0.3, 0.4) is 0 Å². The van der Waals surface area contributed by atoms with Crippen LogP contribution >= 0.6 is 0 Å². The third-order valence-electron chi connectivity index (χ3n) is 1.32. The molecule has 0 aliphatic carbocycles. The van der Waals surface area contributed by atoms with Crippen LogP contribution in [0.2, 0.25) is 0 Å². The molecule has 1 amide bonds. The van der Waals surface area contributed by atoms with Crippen LogP contribution in [0.1, 0.15) is 0 Å². The van der Waals surface area contributed by atoms with Gasteiger partial charge in [0.15, 0.2) is 0 Å². The highest BCUT2D eigenvalue weighted by Crippen LogP contribution is 1.87. The highest BCUT2D eigenvalue weighted by molar-refractivity contribution is 5.75. The van der Waals surface area contributed by atoms with Gasteiger partial charge in [-0.05, 0) is 0 Å². The maximum absolute atomic E-state index is 11.1. The first-order valence-corrected chi connectivity index (χ1v) is 3.28. The van der Waals surface area contributed by atoms with Crippen LogP contribution in [0.5, 0.6) is 0 Å². The molecule has 0 spiro atoms. The number of rotatable bonds is 2. The zero-order chi connectivity index (χ0) is 8.27. The van der Waals surface area contributed by atoms with Crippen molar-refractivity contribution in [3.63, 3.8) is 0 Å². The maximum atomic E-state index is 11.1.